The molecule has 0 unspecified atom stereocenters. The highest BCUT2D eigenvalue weighted by atomic mass is 35.5. The highest BCUT2D eigenvalue weighted by Crippen LogP contribution is 2.39. The zero-order chi connectivity index (χ0) is 24.6. The van der Waals surface area contributed by atoms with E-state index in [4.69, 9.17) is 21.3 Å². The lowest BCUT2D eigenvalue weighted by Gasteiger charge is -2.31. The molecule has 7 heteroatoms. The maximum absolute atomic E-state index is 13.0. The van der Waals surface area contributed by atoms with Crippen molar-refractivity contribution in [3.05, 3.63) is 76.8 Å². The summed E-state index contributed by atoms with van der Waals surface area (Å²) in [5.41, 5.74) is 5.57. The Bertz CT molecular complexity index is 1450. The number of carbonyl (C=O) groups is 1. The average Bonchev–Trinajstić information content (AvgIpc) is 3.45. The molecule has 1 amide bonds. The highest BCUT2D eigenvalue weighted by Gasteiger charge is 2.27. The van der Waals surface area contributed by atoms with E-state index in [1.54, 1.807) is 0 Å². The van der Waals surface area contributed by atoms with Crippen molar-refractivity contribution in [2.24, 2.45) is 0 Å². The van der Waals surface area contributed by atoms with E-state index in [-0.39, 0.29) is 12.0 Å². The summed E-state index contributed by atoms with van der Waals surface area (Å²) < 4.78 is 6.32. The standard InChI is InChI=1S/C29H27ClN4O2/c1-2-34-14-12-19(13-15-34)36-20-10-11-24-21(17-20)22(29(35)33-24)16-18-6-5-7-23(30)27(18)28-31-25-8-3-4-9-26(25)32-28/h3-11,16-17,19H,2,12-15H2,1H3,(H,31,32)(H,33,35)/b22-16-. The van der Waals surface area contributed by atoms with Gasteiger partial charge in [0.15, 0.2) is 0 Å². The molecule has 2 aliphatic heterocycles. The third kappa shape index (κ3) is 4.27. The molecule has 36 heavy (non-hydrogen) atoms. The van der Waals surface area contributed by atoms with Gasteiger partial charge in [-0.3, -0.25) is 4.79 Å². The second-order valence-electron chi connectivity index (χ2n) is 9.28. The topological polar surface area (TPSA) is 70.2 Å². The summed E-state index contributed by atoms with van der Waals surface area (Å²) in [6.07, 6.45) is 4.09. The van der Waals surface area contributed by atoms with Crippen LogP contribution in [-0.2, 0) is 4.79 Å². The lowest BCUT2D eigenvalue weighted by atomic mass is 10.00. The molecular formula is C29H27ClN4O2. The van der Waals surface area contributed by atoms with Gasteiger partial charge in [0, 0.05) is 35.5 Å². The second-order valence-corrected chi connectivity index (χ2v) is 9.68. The molecule has 0 aliphatic carbocycles. The number of rotatable bonds is 5. The van der Waals surface area contributed by atoms with Crippen molar-refractivity contribution < 1.29 is 9.53 Å². The first-order valence-corrected chi connectivity index (χ1v) is 12.8. The van der Waals surface area contributed by atoms with Crippen LogP contribution in [0.2, 0.25) is 5.02 Å². The van der Waals surface area contributed by atoms with E-state index in [9.17, 15) is 4.79 Å². The first-order chi connectivity index (χ1) is 17.6. The van der Waals surface area contributed by atoms with Gasteiger partial charge in [0.25, 0.3) is 5.91 Å². The van der Waals surface area contributed by atoms with Gasteiger partial charge in [-0.25, -0.2) is 4.98 Å². The van der Waals surface area contributed by atoms with Crippen LogP contribution in [0.3, 0.4) is 0 Å². The van der Waals surface area contributed by atoms with Gasteiger partial charge in [-0.15, -0.1) is 0 Å². The summed E-state index contributed by atoms with van der Waals surface area (Å²) in [5.74, 6) is 1.31. The average molecular weight is 499 g/mol. The van der Waals surface area contributed by atoms with Crippen molar-refractivity contribution in [2.75, 3.05) is 25.0 Å². The quantitative estimate of drug-likeness (QED) is 0.319. The van der Waals surface area contributed by atoms with Crippen LogP contribution < -0.4 is 10.1 Å². The van der Waals surface area contributed by atoms with Crippen LogP contribution in [0, 0.1) is 0 Å². The summed E-state index contributed by atoms with van der Waals surface area (Å²) in [6, 6.07) is 19.4. The lowest BCUT2D eigenvalue weighted by Crippen LogP contribution is -2.37. The van der Waals surface area contributed by atoms with Gasteiger partial charge in [-0.2, -0.15) is 0 Å². The van der Waals surface area contributed by atoms with Crippen LogP contribution in [-0.4, -0.2) is 46.5 Å². The van der Waals surface area contributed by atoms with Crippen molar-refractivity contribution in [3.8, 4) is 17.1 Å². The summed E-state index contributed by atoms with van der Waals surface area (Å²) in [5, 5.41) is 3.55. The number of amides is 1. The van der Waals surface area contributed by atoms with Crippen LogP contribution in [0.15, 0.2) is 60.7 Å². The minimum atomic E-state index is -0.145. The molecule has 182 valence electrons. The second kappa shape index (κ2) is 9.45. The number of hydrogen-bond donors (Lipinski definition) is 2. The highest BCUT2D eigenvalue weighted by molar-refractivity contribution is 6.36. The molecule has 0 radical (unpaired) electrons. The van der Waals surface area contributed by atoms with Gasteiger partial charge in [0.1, 0.15) is 17.7 Å². The van der Waals surface area contributed by atoms with Gasteiger partial charge >= 0.3 is 0 Å². The number of anilines is 1. The first-order valence-electron chi connectivity index (χ1n) is 12.4. The SMILES string of the molecule is CCN1CCC(Oc2ccc3c(c2)/C(=C/c2cccc(Cl)c2-c2nc4ccccc4[nH]2)C(=O)N3)CC1. The molecule has 6 nitrogen and oxygen atoms in total. The molecule has 3 aromatic carbocycles. The smallest absolute Gasteiger partial charge is 0.256 e. The molecule has 0 atom stereocenters. The number of halogens is 1. The molecule has 1 saturated heterocycles. The number of nitrogens with zero attached hydrogens (tertiary/aromatic N) is 2. The molecule has 0 spiro atoms. The molecule has 1 fully saturated rings. The fraction of sp³-hybridized carbons (Fsp3) is 0.241. The predicted octanol–water partition coefficient (Wildman–Crippen LogP) is 6.24. The summed E-state index contributed by atoms with van der Waals surface area (Å²) >= 11 is 6.65. The maximum Gasteiger partial charge on any atom is 0.256 e. The van der Waals surface area contributed by atoms with E-state index in [0.29, 0.717) is 16.4 Å². The van der Waals surface area contributed by atoms with Crippen molar-refractivity contribution in [1.82, 2.24) is 14.9 Å². The third-order valence-corrected chi connectivity index (χ3v) is 7.35. The number of para-hydroxylation sites is 2. The number of imidazole rings is 1. The van der Waals surface area contributed by atoms with E-state index in [1.807, 2.05) is 66.7 Å². The first kappa shape index (κ1) is 22.8. The number of hydrogen-bond acceptors (Lipinski definition) is 4. The Hall–Kier alpha value is -3.61. The Morgan fingerprint density at radius 3 is 2.75 bits per heavy atom. The van der Waals surface area contributed by atoms with Gasteiger partial charge < -0.3 is 19.9 Å². The molecule has 0 saturated carbocycles. The number of likely N-dealkylation sites (tertiary alicyclic amines) is 1. The number of carbonyl (C=O) groups excluding carboxylic acids is 1. The maximum atomic E-state index is 13.0. The Balaban J connectivity index is 1.35. The number of piperidine rings is 1. The molecule has 3 heterocycles. The van der Waals surface area contributed by atoms with Gasteiger partial charge in [0.2, 0.25) is 0 Å². The number of ether oxygens (including phenoxy) is 1. The van der Waals surface area contributed by atoms with Crippen LogP contribution in [0.5, 0.6) is 5.75 Å². The molecule has 2 aliphatic rings. The van der Waals surface area contributed by atoms with E-state index in [2.05, 4.69) is 22.1 Å². The normalized spacial score (nSPS) is 17.5. The molecule has 2 N–H and O–H groups in total. The minimum Gasteiger partial charge on any atom is -0.490 e. The third-order valence-electron chi connectivity index (χ3n) is 7.03. The zero-order valence-corrected chi connectivity index (χ0v) is 20.8. The fourth-order valence-corrected chi connectivity index (χ4v) is 5.33. The number of H-pyrrole nitrogens is 1. The van der Waals surface area contributed by atoms with Crippen molar-refractivity contribution in [1.29, 1.82) is 0 Å². The Kier molecular flexibility index (Phi) is 5.99. The van der Waals surface area contributed by atoms with Crippen molar-refractivity contribution in [3.63, 3.8) is 0 Å². The van der Waals surface area contributed by atoms with Crippen LogP contribution in [0.25, 0.3) is 34.1 Å². The Labute approximate surface area is 214 Å². The Morgan fingerprint density at radius 1 is 1.11 bits per heavy atom. The largest absolute Gasteiger partial charge is 0.490 e. The molecule has 6 rings (SSSR count). The lowest BCUT2D eigenvalue weighted by molar-refractivity contribution is -0.110. The van der Waals surface area contributed by atoms with E-state index < -0.39 is 0 Å². The molecule has 0 bridgehead atoms. The molecule has 1 aromatic heterocycles. The summed E-state index contributed by atoms with van der Waals surface area (Å²) in [7, 11) is 0. The number of aromatic amines is 1. The molecule has 4 aromatic rings. The van der Waals surface area contributed by atoms with Gasteiger partial charge in [-0.05, 0) is 67.4 Å². The zero-order valence-electron chi connectivity index (χ0n) is 20.1. The Morgan fingerprint density at radius 2 is 1.94 bits per heavy atom. The molecular weight excluding hydrogens is 472 g/mol. The van der Waals surface area contributed by atoms with E-state index >= 15 is 0 Å². The monoisotopic (exact) mass is 498 g/mol. The van der Waals surface area contributed by atoms with E-state index in [0.717, 1.165) is 71.6 Å². The van der Waals surface area contributed by atoms with Crippen LogP contribution >= 0.6 is 11.6 Å². The predicted molar refractivity (Wildman–Crippen MR) is 145 cm³/mol. The van der Waals surface area contributed by atoms with Crippen molar-refractivity contribution in [2.45, 2.75) is 25.9 Å². The van der Waals surface area contributed by atoms with E-state index in [1.165, 1.54) is 0 Å². The van der Waals surface area contributed by atoms with Crippen LogP contribution in [0.4, 0.5) is 5.69 Å². The summed E-state index contributed by atoms with van der Waals surface area (Å²) in [4.78, 5) is 23.5. The minimum absolute atomic E-state index is 0.145. The van der Waals surface area contributed by atoms with Crippen molar-refractivity contribution >= 4 is 45.9 Å². The van der Waals surface area contributed by atoms with Gasteiger partial charge in [0.05, 0.1) is 16.1 Å². The number of fused-ring (bicyclic) bond motifs is 2. The van der Waals surface area contributed by atoms with Crippen LogP contribution in [0.1, 0.15) is 30.9 Å². The fourth-order valence-electron chi connectivity index (χ4n) is 5.06. The number of aromatic nitrogens is 2. The summed E-state index contributed by atoms with van der Waals surface area (Å²) in [6.45, 7) is 5.37. The number of benzene rings is 3. The number of nitrogens with one attached hydrogen (secondary N) is 2. The van der Waals surface area contributed by atoms with Gasteiger partial charge in [-0.1, -0.05) is 42.8 Å².